The van der Waals surface area contributed by atoms with Crippen LogP contribution < -0.4 is 26.5 Å². The first kappa shape index (κ1) is 30.2. The van der Waals surface area contributed by atoms with E-state index in [4.69, 9.17) is 5.84 Å². The second kappa shape index (κ2) is 14.1. The average Bonchev–Trinajstić information content (AvgIpc) is 2.92. The normalized spacial score (nSPS) is 19.5. The molecule has 0 radical (unpaired) electrons. The number of carbonyl (C=O) groups is 3. The third kappa shape index (κ3) is 8.30. The summed E-state index contributed by atoms with van der Waals surface area (Å²) in [5, 5.41) is 23.4. The molecular formula is C26H36N6O6S. The summed E-state index contributed by atoms with van der Waals surface area (Å²) >= 11 is 0. The second-order valence-corrected chi connectivity index (χ2v) is 11.2. The van der Waals surface area contributed by atoms with Gasteiger partial charge in [0, 0.05) is 18.8 Å². The van der Waals surface area contributed by atoms with Crippen molar-refractivity contribution in [3.8, 4) is 0 Å². The number of carboxylic acids is 1. The van der Waals surface area contributed by atoms with Crippen molar-refractivity contribution in [3.05, 3.63) is 42.5 Å². The maximum atomic E-state index is 13.3. The van der Waals surface area contributed by atoms with Gasteiger partial charge >= 0.3 is 5.97 Å². The van der Waals surface area contributed by atoms with Crippen LogP contribution in [0.25, 0.3) is 10.8 Å². The summed E-state index contributed by atoms with van der Waals surface area (Å²) in [6.45, 7) is 3.05. The van der Waals surface area contributed by atoms with E-state index in [1.54, 1.807) is 31.3 Å². The van der Waals surface area contributed by atoms with Gasteiger partial charge in [-0.2, -0.15) is 5.10 Å². The molecule has 212 valence electrons. The number of sulfonamides is 1. The summed E-state index contributed by atoms with van der Waals surface area (Å²) in [4.78, 5) is 38.0. The monoisotopic (exact) mass is 560 g/mol. The predicted molar refractivity (Wildman–Crippen MR) is 148 cm³/mol. The third-order valence-corrected chi connectivity index (χ3v) is 8.11. The van der Waals surface area contributed by atoms with E-state index in [1.165, 1.54) is 12.1 Å². The zero-order valence-electron chi connectivity index (χ0n) is 21.8. The predicted octanol–water partition coefficient (Wildman–Crippen LogP) is 0.328. The van der Waals surface area contributed by atoms with Crippen LogP contribution in [0, 0.1) is 5.92 Å². The summed E-state index contributed by atoms with van der Waals surface area (Å²) in [6, 6.07) is 8.23. The fraction of sp³-hybridized carbons (Fsp3) is 0.462. The number of piperidine rings is 1. The first-order chi connectivity index (χ1) is 18.7. The lowest BCUT2D eigenvalue weighted by Gasteiger charge is -2.30. The molecule has 3 rings (SSSR count). The van der Waals surface area contributed by atoms with E-state index < -0.39 is 46.2 Å². The Balaban J connectivity index is 1.81. The lowest BCUT2D eigenvalue weighted by atomic mass is 9.91. The van der Waals surface area contributed by atoms with Crippen molar-refractivity contribution >= 4 is 44.7 Å². The van der Waals surface area contributed by atoms with Gasteiger partial charge in [-0.3, -0.25) is 19.7 Å². The van der Waals surface area contributed by atoms with Crippen molar-refractivity contribution in [2.75, 3.05) is 19.6 Å². The minimum absolute atomic E-state index is 0.00330. The maximum Gasteiger partial charge on any atom is 0.328 e. The summed E-state index contributed by atoms with van der Waals surface area (Å²) in [5.41, 5.74) is 0. The van der Waals surface area contributed by atoms with Gasteiger partial charge in [0.15, 0.2) is 11.8 Å². The number of nitrogens with two attached hydrogens (primary N) is 1. The molecule has 1 aliphatic heterocycles. The summed E-state index contributed by atoms with van der Waals surface area (Å²) in [6.07, 6.45) is 3.25. The Bertz CT molecular complexity index is 1300. The van der Waals surface area contributed by atoms with Gasteiger partial charge in [-0.15, -0.1) is 0 Å². The minimum Gasteiger partial charge on any atom is -0.480 e. The highest BCUT2D eigenvalue weighted by molar-refractivity contribution is 7.89. The Kier molecular flexibility index (Phi) is 10.9. The molecule has 4 atom stereocenters. The van der Waals surface area contributed by atoms with Gasteiger partial charge in [-0.05, 0) is 61.2 Å². The van der Waals surface area contributed by atoms with E-state index in [1.807, 2.05) is 12.1 Å². The van der Waals surface area contributed by atoms with Crippen molar-refractivity contribution in [3.63, 3.8) is 0 Å². The number of Topliss-reactive ketones (excluding diaryl/α,β-unsaturated/α-hetero) is 1. The van der Waals surface area contributed by atoms with Crippen molar-refractivity contribution in [1.82, 2.24) is 20.7 Å². The lowest BCUT2D eigenvalue weighted by molar-refractivity contribution is -0.144. The largest absolute Gasteiger partial charge is 0.480 e. The van der Waals surface area contributed by atoms with E-state index >= 15 is 0 Å². The number of benzene rings is 2. The van der Waals surface area contributed by atoms with Gasteiger partial charge in [0.1, 0.15) is 0 Å². The van der Waals surface area contributed by atoms with Gasteiger partial charge in [0.2, 0.25) is 15.9 Å². The number of carboxylic acid groups (broad SMARTS) is 1. The number of hydrogen-bond acceptors (Lipinski definition) is 9. The van der Waals surface area contributed by atoms with Crippen LogP contribution in [-0.4, -0.2) is 75.2 Å². The molecule has 1 fully saturated rings. The topological polar surface area (TPSA) is 192 Å². The van der Waals surface area contributed by atoms with Crippen LogP contribution in [0.5, 0.6) is 0 Å². The molecule has 12 nitrogen and oxygen atoms in total. The summed E-state index contributed by atoms with van der Waals surface area (Å²) in [5.74, 6) is 2.28. The molecule has 0 saturated carbocycles. The van der Waals surface area contributed by atoms with Crippen molar-refractivity contribution in [2.45, 2.75) is 55.6 Å². The molecule has 1 saturated heterocycles. The molecule has 2 unspecified atom stereocenters. The Labute approximate surface area is 227 Å². The number of amides is 1. The highest BCUT2D eigenvalue weighted by atomic mass is 32.2. The Morgan fingerprint density at radius 1 is 1.21 bits per heavy atom. The number of aliphatic carboxylic acids is 1. The molecule has 0 aromatic heterocycles. The highest BCUT2D eigenvalue weighted by Crippen LogP contribution is 2.20. The molecule has 2 aromatic carbocycles. The van der Waals surface area contributed by atoms with Crippen LogP contribution in [0.1, 0.15) is 32.6 Å². The summed E-state index contributed by atoms with van der Waals surface area (Å²) in [7, 11) is -4.29. The van der Waals surface area contributed by atoms with Crippen LogP contribution in [0.3, 0.4) is 0 Å². The van der Waals surface area contributed by atoms with Crippen LogP contribution in [-0.2, 0) is 24.4 Å². The first-order valence-corrected chi connectivity index (χ1v) is 14.4. The molecule has 13 heteroatoms. The van der Waals surface area contributed by atoms with Crippen molar-refractivity contribution in [1.29, 1.82) is 0 Å². The molecule has 0 aliphatic carbocycles. The molecular weight excluding hydrogens is 524 g/mol. The van der Waals surface area contributed by atoms with E-state index in [2.05, 4.69) is 25.8 Å². The van der Waals surface area contributed by atoms with Gasteiger partial charge in [0.05, 0.1) is 17.4 Å². The van der Waals surface area contributed by atoms with Crippen molar-refractivity contribution < 1.29 is 27.9 Å². The van der Waals surface area contributed by atoms with Crippen LogP contribution >= 0.6 is 0 Å². The Morgan fingerprint density at radius 2 is 1.95 bits per heavy atom. The molecule has 1 heterocycles. The Hall–Kier alpha value is -3.39. The second-order valence-electron chi connectivity index (χ2n) is 9.50. The number of nitrogens with zero attached hydrogens (tertiary/aromatic N) is 1. The third-order valence-electron chi connectivity index (χ3n) is 6.64. The fourth-order valence-corrected chi connectivity index (χ4v) is 5.81. The zero-order chi connectivity index (χ0) is 28.4. The van der Waals surface area contributed by atoms with Crippen LogP contribution in [0.4, 0.5) is 0 Å². The van der Waals surface area contributed by atoms with Crippen LogP contribution in [0.15, 0.2) is 52.5 Å². The minimum atomic E-state index is -4.29. The fourth-order valence-electron chi connectivity index (χ4n) is 4.57. The molecule has 1 aliphatic rings. The van der Waals surface area contributed by atoms with E-state index in [9.17, 15) is 27.9 Å². The quantitative estimate of drug-likeness (QED) is 0.0817. The molecule has 39 heavy (non-hydrogen) atoms. The molecule has 2 aromatic rings. The van der Waals surface area contributed by atoms with Gasteiger partial charge in [0.25, 0.3) is 0 Å². The number of carbonyl (C=O) groups excluding carboxylic acids is 2. The SMILES string of the molecule is CCCNC(C(=O)O)C(=O)[C@H](CC(=O)NCC1CCCN[C@@H]1C=NN)NS(=O)(=O)c1ccc2ccccc2c1. The van der Waals surface area contributed by atoms with E-state index in [0.717, 1.165) is 24.8 Å². The molecule has 7 N–H and O–H groups in total. The smallest absolute Gasteiger partial charge is 0.328 e. The molecule has 1 amide bonds. The number of nitrogens with one attached hydrogen (secondary N) is 4. The van der Waals surface area contributed by atoms with Crippen LogP contribution in [0.2, 0.25) is 0 Å². The number of fused-ring (bicyclic) bond motifs is 1. The van der Waals surface area contributed by atoms with Gasteiger partial charge in [-0.25, -0.2) is 13.1 Å². The number of ketones is 1. The van der Waals surface area contributed by atoms with E-state index in [0.29, 0.717) is 11.8 Å². The Morgan fingerprint density at radius 3 is 2.64 bits per heavy atom. The number of hydrazone groups is 1. The highest BCUT2D eigenvalue weighted by Gasteiger charge is 2.36. The standard InChI is InChI=1S/C26H36N6O6S/c1-2-11-29-24(26(35)36)25(34)21(14-23(33)30-15-19-8-5-12-28-22(19)16-31-27)32-39(37,38)20-10-9-17-6-3-4-7-18(17)13-20/h3-4,6-7,9-10,13,16,19,21-22,24,28-29,32H,2,5,8,11-12,14-15,27H2,1H3,(H,30,33)(H,35,36)/t19?,21-,22+,24?/m0/s1. The molecule has 0 spiro atoms. The zero-order valence-corrected chi connectivity index (χ0v) is 22.6. The first-order valence-electron chi connectivity index (χ1n) is 12.9. The van der Waals surface area contributed by atoms with Crippen molar-refractivity contribution in [2.24, 2.45) is 16.9 Å². The number of hydrogen-bond donors (Lipinski definition) is 6. The van der Waals surface area contributed by atoms with E-state index in [-0.39, 0.29) is 29.9 Å². The lowest BCUT2D eigenvalue weighted by Crippen LogP contribution is -2.55. The average molecular weight is 561 g/mol. The number of rotatable bonds is 14. The summed E-state index contributed by atoms with van der Waals surface area (Å²) < 4.78 is 28.9. The van der Waals surface area contributed by atoms with Gasteiger partial charge in [-0.1, -0.05) is 37.3 Å². The van der Waals surface area contributed by atoms with Gasteiger partial charge < -0.3 is 21.6 Å². The maximum absolute atomic E-state index is 13.3. The molecule has 0 bridgehead atoms.